The number of hydrogen-bond donors (Lipinski definition) is 1. The number of anilines is 1. The van der Waals surface area contributed by atoms with Crippen LogP contribution in [0.25, 0.3) is 0 Å². The lowest BCUT2D eigenvalue weighted by molar-refractivity contribution is 0.00712. The highest BCUT2D eigenvalue weighted by atomic mass is 32.1. The third-order valence-electron chi connectivity index (χ3n) is 5.85. The third-order valence-corrected chi connectivity index (χ3v) is 6.96. The van der Waals surface area contributed by atoms with Gasteiger partial charge < -0.3 is 9.47 Å². The monoisotopic (exact) mass is 515 g/mol. The second-order valence-corrected chi connectivity index (χ2v) is 11.6. The Labute approximate surface area is 222 Å². The van der Waals surface area contributed by atoms with Crippen molar-refractivity contribution in [1.29, 1.82) is 0 Å². The van der Waals surface area contributed by atoms with E-state index in [0.29, 0.717) is 16.3 Å². The normalized spacial score (nSPS) is 11.4. The molecule has 2 rings (SSSR count). The molecule has 5 nitrogen and oxygen atoms in total. The lowest BCUT2D eigenvalue weighted by atomic mass is 10.1. The fourth-order valence-electron chi connectivity index (χ4n) is 3.91. The lowest BCUT2D eigenvalue weighted by Gasteiger charge is -2.19. The molecule has 0 aliphatic rings. The van der Waals surface area contributed by atoms with Crippen LogP contribution in [0.2, 0.25) is 0 Å². The van der Waals surface area contributed by atoms with E-state index in [-0.39, 0.29) is 0 Å². The zero-order chi connectivity index (χ0) is 26.4. The van der Waals surface area contributed by atoms with E-state index < -0.39 is 17.7 Å². The number of amides is 1. The van der Waals surface area contributed by atoms with Gasteiger partial charge in [0.15, 0.2) is 0 Å². The molecule has 0 saturated heterocycles. The molecule has 1 amide bonds. The molecular formula is C30H45NO4S. The molecule has 0 bridgehead atoms. The average Bonchev–Trinajstić information content (AvgIpc) is 3.21. The number of hydrogen-bond acceptors (Lipinski definition) is 5. The summed E-state index contributed by atoms with van der Waals surface area (Å²) in [7, 11) is 0. The number of carbonyl (C=O) groups is 2. The van der Waals surface area contributed by atoms with Crippen LogP contribution in [-0.2, 0) is 17.6 Å². The van der Waals surface area contributed by atoms with Gasteiger partial charge in [0.2, 0.25) is 0 Å². The van der Waals surface area contributed by atoms with Gasteiger partial charge in [-0.3, -0.25) is 5.32 Å². The smallest absolute Gasteiger partial charge is 0.417 e. The Morgan fingerprint density at radius 1 is 0.833 bits per heavy atom. The minimum atomic E-state index is -0.617. The SMILES string of the molecule is CCCCCCCCCCc1cc(C(=O)OC(C)(C)C)c(NC(=O)Oc2ccc(CCCC)cc2)s1. The first-order chi connectivity index (χ1) is 17.2. The van der Waals surface area contributed by atoms with Gasteiger partial charge in [0.1, 0.15) is 16.4 Å². The van der Waals surface area contributed by atoms with E-state index in [4.69, 9.17) is 9.47 Å². The Bertz CT molecular complexity index is 927. The van der Waals surface area contributed by atoms with Crippen molar-refractivity contribution in [3.8, 4) is 5.75 Å². The van der Waals surface area contributed by atoms with Gasteiger partial charge in [0, 0.05) is 4.88 Å². The van der Waals surface area contributed by atoms with Crippen LogP contribution in [0.4, 0.5) is 9.80 Å². The summed E-state index contributed by atoms with van der Waals surface area (Å²) in [6, 6.07) is 9.44. The molecule has 0 aliphatic heterocycles. The first-order valence-corrected chi connectivity index (χ1v) is 14.5. The summed E-state index contributed by atoms with van der Waals surface area (Å²) in [5.41, 5.74) is 0.992. The van der Waals surface area contributed by atoms with Gasteiger partial charge >= 0.3 is 12.1 Å². The Hall–Kier alpha value is -2.34. The van der Waals surface area contributed by atoms with Crippen molar-refractivity contribution in [3.05, 3.63) is 46.3 Å². The molecule has 36 heavy (non-hydrogen) atoms. The van der Waals surface area contributed by atoms with E-state index in [9.17, 15) is 9.59 Å². The zero-order valence-corrected chi connectivity index (χ0v) is 23.7. The molecule has 1 aromatic carbocycles. The summed E-state index contributed by atoms with van der Waals surface area (Å²) in [6.45, 7) is 9.92. The zero-order valence-electron chi connectivity index (χ0n) is 22.9. The summed E-state index contributed by atoms with van der Waals surface area (Å²) in [5, 5.41) is 3.26. The first-order valence-electron chi connectivity index (χ1n) is 13.7. The summed E-state index contributed by atoms with van der Waals surface area (Å²) >= 11 is 1.43. The largest absolute Gasteiger partial charge is 0.456 e. The fraction of sp³-hybridized carbons (Fsp3) is 0.600. The van der Waals surface area contributed by atoms with Crippen LogP contribution in [0.3, 0.4) is 0 Å². The molecule has 0 unspecified atom stereocenters. The maximum Gasteiger partial charge on any atom is 0.417 e. The summed E-state index contributed by atoms with van der Waals surface area (Å²) in [5.74, 6) is 0.0405. The first kappa shape index (κ1) is 29.9. The molecule has 0 spiro atoms. The van der Waals surface area contributed by atoms with Crippen molar-refractivity contribution in [2.75, 3.05) is 5.32 Å². The number of nitrogens with one attached hydrogen (secondary N) is 1. The van der Waals surface area contributed by atoms with E-state index in [1.807, 2.05) is 51.1 Å². The Balaban J connectivity index is 1.98. The average molecular weight is 516 g/mol. The number of rotatable bonds is 15. The maximum absolute atomic E-state index is 12.9. The molecule has 0 fully saturated rings. The second-order valence-electron chi connectivity index (χ2n) is 10.4. The molecule has 1 aromatic heterocycles. The standard InChI is InChI=1S/C30H45NO4S/c1-6-8-10-11-12-13-14-15-17-25-22-26(28(32)35-30(3,4)5)27(36-25)31-29(33)34-24-20-18-23(19-21-24)16-9-7-2/h18-22H,6-17H2,1-5H3,(H,31,33). The van der Waals surface area contributed by atoms with Gasteiger partial charge in [-0.25, -0.2) is 9.59 Å². The minimum absolute atomic E-state index is 0.386. The predicted octanol–water partition coefficient (Wildman–Crippen LogP) is 9.34. The van der Waals surface area contributed by atoms with Gasteiger partial charge in [-0.15, -0.1) is 11.3 Å². The van der Waals surface area contributed by atoms with Crippen LogP contribution in [0, 0.1) is 0 Å². The second kappa shape index (κ2) is 15.7. The van der Waals surface area contributed by atoms with Gasteiger partial charge in [-0.1, -0.05) is 77.3 Å². The van der Waals surface area contributed by atoms with E-state index in [1.165, 1.54) is 61.8 Å². The van der Waals surface area contributed by atoms with Crippen LogP contribution in [0.1, 0.15) is 120 Å². The topological polar surface area (TPSA) is 64.6 Å². The predicted molar refractivity (Wildman–Crippen MR) is 151 cm³/mol. The number of unbranched alkanes of at least 4 members (excludes halogenated alkanes) is 8. The summed E-state index contributed by atoms with van der Waals surface area (Å²) < 4.78 is 11.1. The van der Waals surface area contributed by atoms with Crippen molar-refractivity contribution in [2.24, 2.45) is 0 Å². The van der Waals surface area contributed by atoms with E-state index >= 15 is 0 Å². The highest BCUT2D eigenvalue weighted by Crippen LogP contribution is 2.31. The third kappa shape index (κ3) is 11.6. The van der Waals surface area contributed by atoms with Crippen LogP contribution in [0.5, 0.6) is 5.75 Å². The van der Waals surface area contributed by atoms with Gasteiger partial charge in [0.25, 0.3) is 0 Å². The van der Waals surface area contributed by atoms with Crippen LogP contribution in [-0.4, -0.2) is 17.7 Å². The highest BCUT2D eigenvalue weighted by molar-refractivity contribution is 7.16. The fourth-order valence-corrected chi connectivity index (χ4v) is 4.98. The van der Waals surface area contributed by atoms with Crippen molar-refractivity contribution in [1.82, 2.24) is 0 Å². The van der Waals surface area contributed by atoms with Gasteiger partial charge in [-0.2, -0.15) is 0 Å². The van der Waals surface area contributed by atoms with Crippen LogP contribution >= 0.6 is 11.3 Å². The summed E-state index contributed by atoms with van der Waals surface area (Å²) in [6.07, 6.45) is 13.6. The molecule has 0 atom stereocenters. The van der Waals surface area contributed by atoms with Crippen molar-refractivity contribution < 1.29 is 19.1 Å². The van der Waals surface area contributed by atoms with Gasteiger partial charge in [0.05, 0.1) is 5.56 Å². The molecule has 1 N–H and O–H groups in total. The van der Waals surface area contributed by atoms with Crippen molar-refractivity contribution >= 4 is 28.4 Å². The van der Waals surface area contributed by atoms with Crippen LogP contribution < -0.4 is 10.1 Å². The maximum atomic E-state index is 12.9. The molecule has 0 radical (unpaired) electrons. The highest BCUT2D eigenvalue weighted by Gasteiger charge is 2.24. The molecule has 6 heteroatoms. The Morgan fingerprint density at radius 3 is 2.06 bits per heavy atom. The Kier molecular flexibility index (Phi) is 13.0. The molecule has 1 heterocycles. The molecule has 0 aliphatic carbocycles. The van der Waals surface area contributed by atoms with Crippen LogP contribution in [0.15, 0.2) is 30.3 Å². The van der Waals surface area contributed by atoms with Gasteiger partial charge in [-0.05, 0) is 70.2 Å². The van der Waals surface area contributed by atoms with E-state index in [1.54, 1.807) is 0 Å². The number of aryl methyl sites for hydroxylation is 2. The number of carbonyl (C=O) groups excluding carboxylic acids is 2. The molecule has 200 valence electrons. The quantitative estimate of drug-likeness (QED) is 0.189. The number of thiophene rings is 1. The molecule has 0 saturated carbocycles. The number of benzene rings is 1. The summed E-state index contributed by atoms with van der Waals surface area (Å²) in [4.78, 5) is 26.6. The Morgan fingerprint density at radius 2 is 1.44 bits per heavy atom. The minimum Gasteiger partial charge on any atom is -0.456 e. The van der Waals surface area contributed by atoms with E-state index in [0.717, 1.165) is 37.0 Å². The molecular weight excluding hydrogens is 470 g/mol. The molecule has 2 aromatic rings. The van der Waals surface area contributed by atoms with Crippen molar-refractivity contribution in [2.45, 2.75) is 117 Å². The lowest BCUT2D eigenvalue weighted by Crippen LogP contribution is -2.25. The number of ether oxygens (including phenoxy) is 2. The number of esters is 1. The van der Waals surface area contributed by atoms with E-state index in [2.05, 4.69) is 19.2 Å². The van der Waals surface area contributed by atoms with Crippen molar-refractivity contribution in [3.63, 3.8) is 0 Å².